The number of hydrogen-bond donors (Lipinski definition) is 0. The number of hydrogen-bond acceptors (Lipinski definition) is 3. The average Bonchev–Trinajstić information content (AvgIpc) is 3.44. The Morgan fingerprint density at radius 3 is 2.70 bits per heavy atom. The fourth-order valence-electron chi connectivity index (χ4n) is 2.79. The van der Waals surface area contributed by atoms with Crippen LogP contribution in [0.4, 0.5) is 0 Å². The minimum atomic E-state index is 0.0731. The number of pyridine rings is 2. The van der Waals surface area contributed by atoms with Gasteiger partial charge >= 0.3 is 0 Å². The van der Waals surface area contributed by atoms with Crippen LogP contribution in [0.2, 0.25) is 0 Å². The molecule has 0 bridgehead atoms. The molecule has 2 heterocycles. The maximum Gasteiger partial charge on any atom is 0.254 e. The summed E-state index contributed by atoms with van der Waals surface area (Å²) in [6.07, 6.45) is 5.69. The molecule has 1 amide bonds. The highest BCUT2D eigenvalue weighted by Gasteiger charge is 2.33. The molecule has 23 heavy (non-hydrogen) atoms. The van der Waals surface area contributed by atoms with E-state index < -0.39 is 0 Å². The van der Waals surface area contributed by atoms with Gasteiger partial charge in [0, 0.05) is 29.4 Å². The van der Waals surface area contributed by atoms with E-state index in [9.17, 15) is 4.79 Å². The highest BCUT2D eigenvalue weighted by molar-refractivity contribution is 5.98. The third kappa shape index (κ3) is 2.93. The van der Waals surface area contributed by atoms with Gasteiger partial charge in [0.1, 0.15) is 0 Å². The topological polar surface area (TPSA) is 46.1 Å². The molecular weight excluding hydrogens is 286 g/mol. The van der Waals surface area contributed by atoms with Gasteiger partial charge in [0.25, 0.3) is 5.91 Å². The zero-order chi connectivity index (χ0) is 15.6. The van der Waals surface area contributed by atoms with E-state index in [1.807, 2.05) is 53.4 Å². The van der Waals surface area contributed by atoms with Gasteiger partial charge in [0.05, 0.1) is 17.8 Å². The highest BCUT2D eigenvalue weighted by atomic mass is 16.2. The van der Waals surface area contributed by atoms with Gasteiger partial charge in [-0.2, -0.15) is 0 Å². The van der Waals surface area contributed by atoms with E-state index in [-0.39, 0.29) is 5.91 Å². The molecule has 1 aliphatic carbocycles. The van der Waals surface area contributed by atoms with Crippen molar-refractivity contribution in [1.29, 1.82) is 0 Å². The number of rotatable bonds is 4. The molecule has 0 aliphatic heterocycles. The first-order chi connectivity index (χ1) is 11.3. The molecule has 1 aromatic carbocycles. The lowest BCUT2D eigenvalue weighted by Crippen LogP contribution is -2.32. The smallest absolute Gasteiger partial charge is 0.254 e. The number of amides is 1. The van der Waals surface area contributed by atoms with E-state index in [1.54, 1.807) is 12.4 Å². The lowest BCUT2D eigenvalue weighted by atomic mass is 10.1. The Hall–Kier alpha value is -2.75. The molecule has 4 heteroatoms. The first kappa shape index (κ1) is 13.9. The van der Waals surface area contributed by atoms with Crippen LogP contribution in [0.15, 0.2) is 60.9 Å². The number of aromatic nitrogens is 2. The van der Waals surface area contributed by atoms with Gasteiger partial charge in [-0.3, -0.25) is 14.8 Å². The van der Waals surface area contributed by atoms with Crippen molar-refractivity contribution in [3.05, 3.63) is 72.2 Å². The lowest BCUT2D eigenvalue weighted by molar-refractivity contribution is 0.0728. The molecule has 0 spiro atoms. The highest BCUT2D eigenvalue weighted by Crippen LogP contribution is 2.30. The molecule has 3 aromatic rings. The van der Waals surface area contributed by atoms with Gasteiger partial charge in [-0.1, -0.05) is 12.1 Å². The van der Waals surface area contributed by atoms with Crippen LogP contribution >= 0.6 is 0 Å². The van der Waals surface area contributed by atoms with Crippen LogP contribution in [-0.2, 0) is 6.54 Å². The Morgan fingerprint density at radius 1 is 1.04 bits per heavy atom. The molecule has 0 saturated heterocycles. The van der Waals surface area contributed by atoms with E-state index >= 15 is 0 Å². The van der Waals surface area contributed by atoms with Crippen LogP contribution in [0.25, 0.3) is 10.9 Å². The quantitative estimate of drug-likeness (QED) is 0.742. The summed E-state index contributed by atoms with van der Waals surface area (Å²) in [4.78, 5) is 23.6. The molecule has 1 saturated carbocycles. The maximum absolute atomic E-state index is 13.0. The summed E-state index contributed by atoms with van der Waals surface area (Å²) >= 11 is 0. The van der Waals surface area contributed by atoms with Gasteiger partial charge in [-0.25, -0.2) is 0 Å². The predicted octanol–water partition coefficient (Wildman–Crippen LogP) is 3.43. The molecule has 0 radical (unpaired) electrons. The number of fused-ring (bicyclic) bond motifs is 1. The van der Waals surface area contributed by atoms with Crippen LogP contribution < -0.4 is 0 Å². The van der Waals surface area contributed by atoms with Crippen molar-refractivity contribution in [3.63, 3.8) is 0 Å². The number of carbonyl (C=O) groups excluding carboxylic acids is 1. The van der Waals surface area contributed by atoms with Crippen LogP contribution in [0.1, 0.15) is 28.9 Å². The maximum atomic E-state index is 13.0. The predicted molar refractivity (Wildman–Crippen MR) is 88.9 cm³/mol. The fourth-order valence-corrected chi connectivity index (χ4v) is 2.79. The van der Waals surface area contributed by atoms with Gasteiger partial charge in [-0.05, 0) is 49.2 Å². The second-order valence-corrected chi connectivity index (χ2v) is 5.90. The largest absolute Gasteiger partial charge is 0.330 e. The Labute approximate surface area is 134 Å². The molecule has 0 atom stereocenters. The molecule has 1 fully saturated rings. The van der Waals surface area contributed by atoms with Gasteiger partial charge in [0.15, 0.2) is 0 Å². The minimum absolute atomic E-state index is 0.0731. The summed E-state index contributed by atoms with van der Waals surface area (Å²) in [5, 5.41) is 0.993. The van der Waals surface area contributed by atoms with Crippen molar-refractivity contribution in [2.75, 3.05) is 0 Å². The molecule has 4 nitrogen and oxygen atoms in total. The second-order valence-electron chi connectivity index (χ2n) is 5.90. The van der Waals surface area contributed by atoms with Gasteiger partial charge in [-0.15, -0.1) is 0 Å². The third-order valence-electron chi connectivity index (χ3n) is 4.16. The standard InChI is InChI=1S/C19H17N3O/c23-19(15-6-9-18-14(12-15)4-3-11-21-18)22(17-7-8-17)13-16-5-1-2-10-20-16/h1-6,9-12,17H,7-8,13H2. The first-order valence-electron chi connectivity index (χ1n) is 7.87. The van der Waals surface area contributed by atoms with Crippen molar-refractivity contribution in [1.82, 2.24) is 14.9 Å². The number of carbonyl (C=O) groups is 1. The van der Waals surface area contributed by atoms with Crippen LogP contribution in [0.5, 0.6) is 0 Å². The summed E-state index contributed by atoms with van der Waals surface area (Å²) < 4.78 is 0. The molecule has 1 aliphatic rings. The SMILES string of the molecule is O=C(c1ccc2ncccc2c1)N(Cc1ccccn1)C1CC1. The molecule has 2 aromatic heterocycles. The van der Waals surface area contributed by atoms with Crippen LogP contribution in [0.3, 0.4) is 0 Å². The van der Waals surface area contributed by atoms with Gasteiger partial charge < -0.3 is 4.90 Å². The van der Waals surface area contributed by atoms with Crippen LogP contribution in [0, 0.1) is 0 Å². The molecular formula is C19H17N3O. The number of nitrogens with zero attached hydrogens (tertiary/aromatic N) is 3. The normalized spacial score (nSPS) is 13.9. The van der Waals surface area contributed by atoms with Crippen molar-refractivity contribution < 1.29 is 4.79 Å². The monoisotopic (exact) mass is 303 g/mol. The summed E-state index contributed by atoms with van der Waals surface area (Å²) in [6, 6.07) is 15.7. The summed E-state index contributed by atoms with van der Waals surface area (Å²) in [6.45, 7) is 0.565. The van der Waals surface area contributed by atoms with E-state index in [0.717, 1.165) is 29.4 Å². The van der Waals surface area contributed by atoms with Crippen molar-refractivity contribution in [3.8, 4) is 0 Å². The zero-order valence-corrected chi connectivity index (χ0v) is 12.7. The zero-order valence-electron chi connectivity index (χ0n) is 12.7. The van der Waals surface area contributed by atoms with Gasteiger partial charge in [0.2, 0.25) is 0 Å². The lowest BCUT2D eigenvalue weighted by Gasteiger charge is -2.22. The summed E-state index contributed by atoms with van der Waals surface area (Å²) in [5.74, 6) is 0.0731. The second kappa shape index (κ2) is 5.80. The van der Waals surface area contributed by atoms with E-state index in [4.69, 9.17) is 0 Å². The minimum Gasteiger partial charge on any atom is -0.330 e. The van der Waals surface area contributed by atoms with Crippen molar-refractivity contribution in [2.24, 2.45) is 0 Å². The first-order valence-corrected chi connectivity index (χ1v) is 7.87. The summed E-state index contributed by atoms with van der Waals surface area (Å²) in [7, 11) is 0. The van der Waals surface area contributed by atoms with E-state index in [0.29, 0.717) is 18.2 Å². The van der Waals surface area contributed by atoms with E-state index in [2.05, 4.69) is 9.97 Å². The van der Waals surface area contributed by atoms with E-state index in [1.165, 1.54) is 0 Å². The average molecular weight is 303 g/mol. The Bertz CT molecular complexity index is 843. The molecule has 0 unspecified atom stereocenters. The third-order valence-corrected chi connectivity index (χ3v) is 4.16. The Balaban J connectivity index is 1.63. The van der Waals surface area contributed by atoms with Crippen molar-refractivity contribution >= 4 is 16.8 Å². The fraction of sp³-hybridized carbons (Fsp3) is 0.211. The molecule has 114 valence electrons. The number of benzene rings is 1. The Kier molecular flexibility index (Phi) is 3.50. The molecule has 0 N–H and O–H groups in total. The summed E-state index contributed by atoms with van der Waals surface area (Å²) in [5.41, 5.74) is 2.55. The van der Waals surface area contributed by atoms with Crippen LogP contribution in [-0.4, -0.2) is 26.8 Å². The Morgan fingerprint density at radius 2 is 1.91 bits per heavy atom. The van der Waals surface area contributed by atoms with Crippen molar-refractivity contribution in [2.45, 2.75) is 25.4 Å². The molecule has 4 rings (SSSR count).